The van der Waals surface area contributed by atoms with E-state index in [0.717, 1.165) is 80.4 Å². The highest BCUT2D eigenvalue weighted by molar-refractivity contribution is 6.08. The van der Waals surface area contributed by atoms with Crippen molar-refractivity contribution in [1.82, 2.24) is 44.4 Å². The summed E-state index contributed by atoms with van der Waals surface area (Å²) in [6.45, 7) is 3.26. The van der Waals surface area contributed by atoms with Crippen molar-refractivity contribution in [2.24, 2.45) is 18.7 Å². The Morgan fingerprint density at radius 3 is 2.56 bits per heavy atom. The summed E-state index contributed by atoms with van der Waals surface area (Å²) in [4.78, 5) is 49.2. The standard InChI is InChI=1S/C42H52F3N13O3/c1-53(27-12-15-55(16-13-27)33-5-3-4-29-36(51-54(2)38(29)33)30-10-11-35(59)50-41(30)60)20-24-6-8-28(9-7-24)58-23-32(37(52-58)39(44)45)48-42(61)31-19-47-57-17-14-34(49-40(31)57)56-21-25(43)18-26(46)22-56/h3-5,14,17,19,23-28,30,39H,6-13,15-16,18,20-22,46H2,1-2H3,(H,48,61)(H,50,59,60)/t24?,25-,26-,28?,30?/m1/s1. The Balaban J connectivity index is 0.795. The highest BCUT2D eigenvalue weighted by Gasteiger charge is 2.34. The molecule has 5 aromatic rings. The number of aryl methyl sites for hydroxylation is 1. The fourth-order valence-electron chi connectivity index (χ4n) is 10.0. The van der Waals surface area contributed by atoms with Crippen LogP contribution in [0.2, 0.25) is 0 Å². The molecule has 4 fully saturated rings. The monoisotopic (exact) mass is 843 g/mol. The average molecular weight is 844 g/mol. The number of anilines is 3. The van der Waals surface area contributed by atoms with Gasteiger partial charge in [0.05, 0.1) is 47.3 Å². The van der Waals surface area contributed by atoms with Crippen molar-refractivity contribution >= 4 is 51.5 Å². The molecule has 1 saturated carbocycles. The van der Waals surface area contributed by atoms with Gasteiger partial charge >= 0.3 is 0 Å². The summed E-state index contributed by atoms with van der Waals surface area (Å²) >= 11 is 0. The molecule has 3 aliphatic heterocycles. The predicted molar refractivity (Wildman–Crippen MR) is 223 cm³/mol. The number of amides is 3. The Labute approximate surface area is 350 Å². The van der Waals surface area contributed by atoms with Crippen LogP contribution in [0.1, 0.15) is 97.9 Å². The topological polar surface area (TPSA) is 177 Å². The number of hydrogen-bond acceptors (Lipinski definition) is 11. The third kappa shape index (κ3) is 8.16. The van der Waals surface area contributed by atoms with Gasteiger partial charge in [-0.1, -0.05) is 12.1 Å². The lowest BCUT2D eigenvalue weighted by Crippen LogP contribution is -2.48. The first-order valence-corrected chi connectivity index (χ1v) is 21.3. The highest BCUT2D eigenvalue weighted by Crippen LogP contribution is 2.38. The van der Waals surface area contributed by atoms with Crippen LogP contribution in [0.15, 0.2) is 42.9 Å². The summed E-state index contributed by atoms with van der Waals surface area (Å²) in [5.41, 5.74) is 8.61. The number of piperidine rings is 3. The molecule has 1 aliphatic carbocycles. The number of aromatic nitrogens is 7. The third-order valence-electron chi connectivity index (χ3n) is 13.2. The molecular weight excluding hydrogens is 792 g/mol. The number of hydrogen-bond donors (Lipinski definition) is 3. The van der Waals surface area contributed by atoms with Gasteiger partial charge in [-0.3, -0.25) is 29.1 Å². The zero-order valence-corrected chi connectivity index (χ0v) is 34.4. The number of nitrogens with zero attached hydrogens (tertiary/aromatic N) is 10. The minimum absolute atomic E-state index is 0.0552. The zero-order valence-electron chi connectivity index (χ0n) is 34.4. The number of nitrogens with two attached hydrogens (primary N) is 1. The molecule has 7 heterocycles. The molecule has 1 aromatic carbocycles. The van der Waals surface area contributed by atoms with Gasteiger partial charge in [0.2, 0.25) is 11.8 Å². The second-order valence-electron chi connectivity index (χ2n) is 17.3. The lowest BCUT2D eigenvalue weighted by atomic mass is 9.85. The summed E-state index contributed by atoms with van der Waals surface area (Å²) in [7, 11) is 4.11. The van der Waals surface area contributed by atoms with E-state index in [2.05, 4.69) is 48.7 Å². The number of imide groups is 1. The number of benzene rings is 1. The van der Waals surface area contributed by atoms with Gasteiger partial charge in [-0.15, -0.1) is 0 Å². The average Bonchev–Trinajstić information content (AvgIpc) is 3.96. The first-order valence-electron chi connectivity index (χ1n) is 21.3. The molecule has 3 atom stereocenters. The molecule has 9 rings (SSSR count). The number of nitrogens with one attached hydrogen (secondary N) is 2. The maximum atomic E-state index is 14.3. The molecule has 4 N–H and O–H groups in total. The molecular formula is C42H52F3N13O3. The van der Waals surface area contributed by atoms with Crippen molar-refractivity contribution in [1.29, 1.82) is 0 Å². The quantitative estimate of drug-likeness (QED) is 0.166. The van der Waals surface area contributed by atoms with E-state index in [1.165, 1.54) is 16.9 Å². The first kappa shape index (κ1) is 40.8. The molecule has 3 saturated heterocycles. The molecule has 324 valence electrons. The van der Waals surface area contributed by atoms with E-state index >= 15 is 0 Å². The molecule has 4 aromatic heterocycles. The van der Waals surface area contributed by atoms with Crippen LogP contribution < -0.4 is 26.2 Å². The van der Waals surface area contributed by atoms with Crippen LogP contribution in [0.25, 0.3) is 16.6 Å². The number of rotatable bonds is 10. The zero-order chi connectivity index (χ0) is 42.5. The van der Waals surface area contributed by atoms with Crippen LogP contribution in [0.3, 0.4) is 0 Å². The Morgan fingerprint density at radius 2 is 1.82 bits per heavy atom. The molecule has 16 nitrogen and oxygen atoms in total. The molecule has 61 heavy (non-hydrogen) atoms. The Bertz CT molecular complexity index is 2420. The van der Waals surface area contributed by atoms with Gasteiger partial charge in [0, 0.05) is 69.5 Å². The molecule has 0 spiro atoms. The van der Waals surface area contributed by atoms with Crippen molar-refractivity contribution in [2.75, 3.05) is 54.9 Å². The number of alkyl halides is 3. The Morgan fingerprint density at radius 1 is 1.03 bits per heavy atom. The molecule has 0 radical (unpaired) electrons. The Hall–Kier alpha value is -5.56. The summed E-state index contributed by atoms with van der Waals surface area (Å²) in [5.74, 6) is -0.711. The smallest absolute Gasteiger partial charge is 0.284 e. The summed E-state index contributed by atoms with van der Waals surface area (Å²) in [6, 6.07) is 7.83. The number of halogens is 3. The third-order valence-corrected chi connectivity index (χ3v) is 13.2. The van der Waals surface area contributed by atoms with Gasteiger partial charge in [0.25, 0.3) is 12.3 Å². The normalized spacial score (nSPS) is 24.4. The number of carbonyl (C=O) groups excluding carboxylic acids is 3. The van der Waals surface area contributed by atoms with E-state index in [4.69, 9.17) is 10.8 Å². The van der Waals surface area contributed by atoms with Crippen LogP contribution in [0, 0.1) is 5.92 Å². The largest absolute Gasteiger partial charge is 0.370 e. The van der Waals surface area contributed by atoms with E-state index in [1.807, 2.05) is 23.9 Å². The van der Waals surface area contributed by atoms with Gasteiger partial charge < -0.3 is 25.8 Å². The Kier molecular flexibility index (Phi) is 11.2. The van der Waals surface area contributed by atoms with Crippen LogP contribution in [-0.4, -0.2) is 115 Å². The predicted octanol–water partition coefficient (Wildman–Crippen LogP) is 4.73. The molecule has 1 unspecified atom stereocenters. The second kappa shape index (κ2) is 16.7. The van der Waals surface area contributed by atoms with E-state index in [9.17, 15) is 27.6 Å². The summed E-state index contributed by atoms with van der Waals surface area (Å²) < 4.78 is 47.8. The van der Waals surface area contributed by atoms with Gasteiger partial charge in [-0.2, -0.15) is 15.3 Å². The van der Waals surface area contributed by atoms with Crippen LogP contribution in [0.4, 0.5) is 30.4 Å². The van der Waals surface area contributed by atoms with Crippen LogP contribution >= 0.6 is 0 Å². The molecule has 0 bridgehead atoms. The minimum atomic E-state index is -2.90. The number of carbonyl (C=O) groups is 3. The van der Waals surface area contributed by atoms with E-state index < -0.39 is 30.1 Å². The summed E-state index contributed by atoms with van der Waals surface area (Å²) in [5, 5.41) is 19.3. The lowest BCUT2D eigenvalue weighted by Gasteiger charge is -2.40. The SMILES string of the molecule is CN(CC1CCC(n2cc(NC(=O)c3cnn4ccc(N5C[C@H](N)C[C@@H](F)C5)nc34)c(C(F)F)n2)CC1)C1CCN(c2cccc3c(C4CCC(=O)NC4=O)nn(C)c23)CC1. The van der Waals surface area contributed by atoms with Gasteiger partial charge in [0.15, 0.2) is 11.3 Å². The van der Waals surface area contributed by atoms with Crippen molar-refractivity contribution in [3.8, 4) is 0 Å². The fraction of sp³-hybridized carbons (Fsp3) is 0.548. The highest BCUT2D eigenvalue weighted by atomic mass is 19.3. The summed E-state index contributed by atoms with van der Waals surface area (Å²) in [6.07, 6.45) is 6.92. The molecule has 4 aliphatic rings. The number of para-hydroxylation sites is 1. The van der Waals surface area contributed by atoms with Crippen molar-refractivity contribution < 1.29 is 27.6 Å². The van der Waals surface area contributed by atoms with Gasteiger partial charge in [-0.05, 0) is 76.5 Å². The van der Waals surface area contributed by atoms with E-state index in [0.29, 0.717) is 37.2 Å². The van der Waals surface area contributed by atoms with Crippen molar-refractivity contribution in [3.05, 3.63) is 59.8 Å². The maximum Gasteiger partial charge on any atom is 0.284 e. The van der Waals surface area contributed by atoms with Crippen LogP contribution in [0.5, 0.6) is 0 Å². The second-order valence-corrected chi connectivity index (χ2v) is 17.3. The fourth-order valence-corrected chi connectivity index (χ4v) is 10.0. The van der Waals surface area contributed by atoms with E-state index in [1.54, 1.807) is 21.8 Å². The molecule has 19 heteroatoms. The van der Waals surface area contributed by atoms with Crippen molar-refractivity contribution in [3.63, 3.8) is 0 Å². The number of fused-ring (bicyclic) bond motifs is 2. The molecule has 3 amide bonds. The van der Waals surface area contributed by atoms with Crippen LogP contribution in [-0.2, 0) is 16.6 Å². The van der Waals surface area contributed by atoms with E-state index in [-0.39, 0.29) is 53.8 Å². The lowest BCUT2D eigenvalue weighted by molar-refractivity contribution is -0.134. The first-order chi connectivity index (χ1) is 29.4. The maximum absolute atomic E-state index is 14.3. The van der Waals surface area contributed by atoms with Gasteiger partial charge in [-0.25, -0.2) is 22.7 Å². The minimum Gasteiger partial charge on any atom is -0.370 e. The van der Waals surface area contributed by atoms with Crippen molar-refractivity contribution in [2.45, 2.75) is 94.4 Å². The van der Waals surface area contributed by atoms with Gasteiger partial charge in [0.1, 0.15) is 17.6 Å².